The summed E-state index contributed by atoms with van der Waals surface area (Å²) in [5, 5.41) is 2.32. The van der Waals surface area contributed by atoms with Crippen molar-refractivity contribution in [2.75, 3.05) is 59.5 Å². The fourth-order valence-corrected chi connectivity index (χ4v) is 4.17. The Morgan fingerprint density at radius 1 is 0.923 bits per heavy atom. The lowest BCUT2D eigenvalue weighted by atomic mass is 10.1. The molecule has 0 saturated carbocycles. The molecule has 1 aliphatic heterocycles. The second-order valence-corrected chi connectivity index (χ2v) is 9.22. The average Bonchev–Trinajstić information content (AvgIpc) is 3.16. The van der Waals surface area contributed by atoms with Gasteiger partial charge in [0, 0.05) is 13.5 Å². The molecule has 0 bridgehead atoms. The zero-order valence-corrected chi connectivity index (χ0v) is 22.8. The highest BCUT2D eigenvalue weighted by atomic mass is 16.6. The molecule has 216 valence electrons. The van der Waals surface area contributed by atoms with Crippen molar-refractivity contribution >= 4 is 28.8 Å². The zero-order chi connectivity index (χ0) is 28.0. The standard InChI is InChI=1S/C27H39N3O9/c1-3-4-10-39-25(32)19-38-17-16-37-15-14-36-13-12-35-11-9-20-5-6-21-23(18-20)29(2)27(34)30(21)22-7-8-24(31)28-26(22)33/h5-6,18,22H,3-4,7-17,19H2,1-2H3,(H,28,31,33). The van der Waals surface area contributed by atoms with Crippen molar-refractivity contribution in [3.05, 3.63) is 34.2 Å². The van der Waals surface area contributed by atoms with Gasteiger partial charge in [0.05, 0.1) is 63.9 Å². The Labute approximate surface area is 227 Å². The van der Waals surface area contributed by atoms with E-state index in [-0.39, 0.29) is 30.6 Å². The van der Waals surface area contributed by atoms with E-state index in [0.29, 0.717) is 71.2 Å². The van der Waals surface area contributed by atoms with Gasteiger partial charge >= 0.3 is 11.7 Å². The van der Waals surface area contributed by atoms with Crippen molar-refractivity contribution in [1.82, 2.24) is 14.5 Å². The Morgan fingerprint density at radius 3 is 2.26 bits per heavy atom. The molecule has 1 atom stereocenters. The normalized spacial score (nSPS) is 15.6. The number of aryl methyl sites for hydroxylation is 1. The monoisotopic (exact) mass is 549 g/mol. The number of esters is 1. The largest absolute Gasteiger partial charge is 0.464 e. The lowest BCUT2D eigenvalue weighted by Crippen LogP contribution is -2.44. The molecule has 1 N–H and O–H groups in total. The maximum atomic E-state index is 12.9. The number of unbranched alkanes of at least 4 members (excludes halogenated alkanes) is 1. The molecule has 1 fully saturated rings. The molecular weight excluding hydrogens is 510 g/mol. The number of aromatic nitrogens is 2. The maximum absolute atomic E-state index is 12.9. The Kier molecular flexibility index (Phi) is 12.6. The van der Waals surface area contributed by atoms with E-state index in [1.807, 2.05) is 25.1 Å². The number of nitrogens with one attached hydrogen (secondary N) is 1. The van der Waals surface area contributed by atoms with Crippen LogP contribution < -0.4 is 11.0 Å². The summed E-state index contributed by atoms with van der Waals surface area (Å²) in [6.45, 7) is 5.29. The fraction of sp³-hybridized carbons (Fsp3) is 0.630. The first-order valence-corrected chi connectivity index (χ1v) is 13.4. The highest BCUT2D eigenvalue weighted by Crippen LogP contribution is 2.23. The van der Waals surface area contributed by atoms with Gasteiger partial charge < -0.3 is 23.7 Å². The van der Waals surface area contributed by atoms with E-state index in [4.69, 9.17) is 23.7 Å². The van der Waals surface area contributed by atoms with Crippen LogP contribution in [-0.4, -0.2) is 86.4 Å². The number of nitrogens with zero attached hydrogens (tertiary/aromatic N) is 2. The predicted molar refractivity (Wildman–Crippen MR) is 141 cm³/mol. The van der Waals surface area contributed by atoms with E-state index in [2.05, 4.69) is 5.32 Å². The van der Waals surface area contributed by atoms with Gasteiger partial charge in [-0.05, 0) is 37.0 Å². The van der Waals surface area contributed by atoms with Crippen LogP contribution >= 0.6 is 0 Å². The molecule has 0 radical (unpaired) electrons. The van der Waals surface area contributed by atoms with Gasteiger partial charge in [0.2, 0.25) is 11.8 Å². The van der Waals surface area contributed by atoms with Crippen molar-refractivity contribution in [3.8, 4) is 0 Å². The number of benzene rings is 1. The van der Waals surface area contributed by atoms with E-state index < -0.39 is 11.9 Å². The van der Waals surface area contributed by atoms with Crippen LogP contribution in [0.2, 0.25) is 0 Å². The van der Waals surface area contributed by atoms with Gasteiger partial charge in [-0.1, -0.05) is 19.4 Å². The SMILES string of the molecule is CCCCOC(=O)COCCOCCOCCOCCc1ccc2c(c1)n(C)c(=O)n2C1CCC(=O)NC1=O. The molecular formula is C27H39N3O9. The number of amides is 2. The summed E-state index contributed by atoms with van der Waals surface area (Å²) in [4.78, 5) is 48.0. The van der Waals surface area contributed by atoms with Crippen LogP contribution in [0.1, 0.15) is 44.2 Å². The smallest absolute Gasteiger partial charge is 0.332 e. The van der Waals surface area contributed by atoms with Crippen LogP contribution in [0.25, 0.3) is 11.0 Å². The van der Waals surface area contributed by atoms with Crippen molar-refractivity contribution in [2.24, 2.45) is 7.05 Å². The number of imidazole rings is 1. The molecule has 12 nitrogen and oxygen atoms in total. The molecule has 1 aliphatic rings. The molecule has 2 amide bonds. The van der Waals surface area contributed by atoms with E-state index in [0.717, 1.165) is 23.9 Å². The number of rotatable bonds is 18. The number of carbonyl (C=O) groups is 3. The first kappa shape index (κ1) is 30.5. The van der Waals surface area contributed by atoms with Gasteiger partial charge in [-0.3, -0.25) is 24.0 Å². The van der Waals surface area contributed by atoms with Crippen LogP contribution in [0.15, 0.2) is 23.0 Å². The summed E-state index contributed by atoms with van der Waals surface area (Å²) in [5.74, 6) is -1.12. The number of fused-ring (bicyclic) bond motifs is 1. The molecule has 2 aromatic rings. The quantitative estimate of drug-likeness (QED) is 0.166. The molecule has 1 unspecified atom stereocenters. The number of piperidine rings is 1. The maximum Gasteiger partial charge on any atom is 0.332 e. The lowest BCUT2D eigenvalue weighted by Gasteiger charge is -2.21. The highest BCUT2D eigenvalue weighted by Gasteiger charge is 2.31. The number of carbonyl (C=O) groups excluding carboxylic acids is 3. The molecule has 1 aromatic heterocycles. The molecule has 1 saturated heterocycles. The third-order valence-corrected chi connectivity index (χ3v) is 6.31. The summed E-state index contributed by atoms with van der Waals surface area (Å²) in [5.41, 5.74) is 2.10. The van der Waals surface area contributed by atoms with Crippen LogP contribution in [0.3, 0.4) is 0 Å². The Hall–Kier alpha value is -3.06. The molecule has 39 heavy (non-hydrogen) atoms. The van der Waals surface area contributed by atoms with Crippen LogP contribution in [-0.2, 0) is 51.5 Å². The van der Waals surface area contributed by atoms with Crippen molar-refractivity contribution < 1.29 is 38.1 Å². The minimum Gasteiger partial charge on any atom is -0.464 e. The van der Waals surface area contributed by atoms with Gasteiger partial charge in [0.1, 0.15) is 12.6 Å². The van der Waals surface area contributed by atoms with Crippen molar-refractivity contribution in [2.45, 2.75) is 45.1 Å². The van der Waals surface area contributed by atoms with Gasteiger partial charge in [0.25, 0.3) is 0 Å². The van der Waals surface area contributed by atoms with Crippen LogP contribution in [0, 0.1) is 0 Å². The van der Waals surface area contributed by atoms with Crippen LogP contribution in [0.5, 0.6) is 0 Å². The molecule has 12 heteroatoms. The third kappa shape index (κ3) is 9.27. The molecule has 0 aliphatic carbocycles. The van der Waals surface area contributed by atoms with Crippen molar-refractivity contribution in [1.29, 1.82) is 0 Å². The average molecular weight is 550 g/mol. The second-order valence-electron chi connectivity index (χ2n) is 9.22. The first-order valence-electron chi connectivity index (χ1n) is 13.4. The Balaban J connectivity index is 1.27. The lowest BCUT2D eigenvalue weighted by molar-refractivity contribution is -0.149. The minimum atomic E-state index is -0.697. The van der Waals surface area contributed by atoms with E-state index in [1.165, 1.54) is 9.13 Å². The molecule has 0 spiro atoms. The third-order valence-electron chi connectivity index (χ3n) is 6.31. The van der Waals surface area contributed by atoms with E-state index >= 15 is 0 Å². The number of ether oxygens (including phenoxy) is 5. The topological polar surface area (TPSA) is 136 Å². The summed E-state index contributed by atoms with van der Waals surface area (Å²) in [6.07, 6.45) is 2.99. The van der Waals surface area contributed by atoms with Crippen molar-refractivity contribution in [3.63, 3.8) is 0 Å². The number of imide groups is 1. The second kappa shape index (κ2) is 16.1. The summed E-state index contributed by atoms with van der Waals surface area (Å²) < 4.78 is 29.7. The Bertz CT molecular complexity index is 1160. The molecule has 2 heterocycles. The minimum absolute atomic E-state index is 0.0675. The predicted octanol–water partition coefficient (Wildman–Crippen LogP) is 1.27. The first-order chi connectivity index (χ1) is 18.9. The van der Waals surface area contributed by atoms with Gasteiger partial charge in [-0.25, -0.2) is 9.59 Å². The fourth-order valence-electron chi connectivity index (χ4n) is 4.17. The summed E-state index contributed by atoms with van der Waals surface area (Å²) in [7, 11) is 1.67. The number of hydrogen-bond donors (Lipinski definition) is 1. The highest BCUT2D eigenvalue weighted by molar-refractivity contribution is 6.00. The molecule has 3 rings (SSSR count). The summed E-state index contributed by atoms with van der Waals surface area (Å²) in [6, 6.07) is 4.98. The summed E-state index contributed by atoms with van der Waals surface area (Å²) >= 11 is 0. The Morgan fingerprint density at radius 2 is 1.59 bits per heavy atom. The van der Waals surface area contributed by atoms with Gasteiger partial charge in [-0.15, -0.1) is 0 Å². The van der Waals surface area contributed by atoms with Gasteiger partial charge in [0.15, 0.2) is 0 Å². The van der Waals surface area contributed by atoms with Crippen LogP contribution in [0.4, 0.5) is 0 Å². The van der Waals surface area contributed by atoms with E-state index in [1.54, 1.807) is 7.05 Å². The number of hydrogen-bond acceptors (Lipinski definition) is 9. The molecule has 1 aromatic carbocycles. The van der Waals surface area contributed by atoms with Gasteiger partial charge in [-0.2, -0.15) is 0 Å². The zero-order valence-electron chi connectivity index (χ0n) is 22.8. The van der Waals surface area contributed by atoms with E-state index in [9.17, 15) is 19.2 Å².